The van der Waals surface area contributed by atoms with E-state index in [1.165, 1.54) is 12.8 Å². The average molecular weight is 304 g/mol. The van der Waals surface area contributed by atoms with Crippen molar-refractivity contribution in [2.24, 2.45) is 16.8 Å². The first-order valence-corrected chi connectivity index (χ1v) is 8.27. The SMILES string of the molecule is CCNC(=NCc1ccnc(OCC2CC2)c1)NCC(C)C. The lowest BCUT2D eigenvalue weighted by atomic mass is 10.2. The third kappa shape index (κ3) is 6.33. The molecule has 2 N–H and O–H groups in total. The monoisotopic (exact) mass is 304 g/mol. The zero-order chi connectivity index (χ0) is 15.8. The minimum Gasteiger partial charge on any atom is -0.477 e. The fourth-order valence-electron chi connectivity index (χ4n) is 1.93. The van der Waals surface area contributed by atoms with E-state index < -0.39 is 0 Å². The van der Waals surface area contributed by atoms with Crippen LogP contribution in [0.25, 0.3) is 0 Å². The molecule has 0 spiro atoms. The standard InChI is InChI=1S/C17H28N4O/c1-4-18-17(20-10-13(2)3)21-11-15-7-8-19-16(9-15)22-12-14-5-6-14/h7-9,13-14H,4-6,10-12H2,1-3H3,(H2,18,20,21). The smallest absolute Gasteiger partial charge is 0.213 e. The van der Waals surface area contributed by atoms with Crippen LogP contribution in [0.3, 0.4) is 0 Å². The van der Waals surface area contributed by atoms with Crippen LogP contribution in [-0.4, -0.2) is 30.6 Å². The van der Waals surface area contributed by atoms with E-state index in [4.69, 9.17) is 4.74 Å². The molecule has 1 aliphatic rings. The van der Waals surface area contributed by atoms with Gasteiger partial charge in [-0.3, -0.25) is 0 Å². The topological polar surface area (TPSA) is 58.5 Å². The predicted molar refractivity (Wildman–Crippen MR) is 90.1 cm³/mol. The number of ether oxygens (including phenoxy) is 1. The molecule has 1 heterocycles. The van der Waals surface area contributed by atoms with E-state index in [1.54, 1.807) is 6.20 Å². The van der Waals surface area contributed by atoms with E-state index in [0.29, 0.717) is 18.3 Å². The minimum absolute atomic E-state index is 0.590. The van der Waals surface area contributed by atoms with Crippen molar-refractivity contribution in [2.75, 3.05) is 19.7 Å². The van der Waals surface area contributed by atoms with E-state index in [9.17, 15) is 0 Å². The Morgan fingerprint density at radius 2 is 2.23 bits per heavy atom. The Kier molecular flexibility index (Phi) is 6.49. The summed E-state index contributed by atoms with van der Waals surface area (Å²) in [6.45, 7) is 9.62. The van der Waals surface area contributed by atoms with Crippen LogP contribution in [0.5, 0.6) is 5.88 Å². The van der Waals surface area contributed by atoms with Gasteiger partial charge in [0.1, 0.15) is 0 Å². The van der Waals surface area contributed by atoms with Gasteiger partial charge in [0.25, 0.3) is 0 Å². The molecule has 5 nitrogen and oxygen atoms in total. The summed E-state index contributed by atoms with van der Waals surface area (Å²) < 4.78 is 5.71. The summed E-state index contributed by atoms with van der Waals surface area (Å²) >= 11 is 0. The number of hydrogen-bond donors (Lipinski definition) is 2. The summed E-state index contributed by atoms with van der Waals surface area (Å²) in [5, 5.41) is 6.61. The van der Waals surface area contributed by atoms with Crippen LogP contribution >= 0.6 is 0 Å². The molecule has 2 rings (SSSR count). The summed E-state index contributed by atoms with van der Waals surface area (Å²) in [6.07, 6.45) is 4.37. The Labute approximate surface area is 133 Å². The van der Waals surface area contributed by atoms with Gasteiger partial charge in [0.05, 0.1) is 13.2 Å². The lowest BCUT2D eigenvalue weighted by Crippen LogP contribution is -2.39. The number of guanidine groups is 1. The molecule has 0 radical (unpaired) electrons. The normalized spacial score (nSPS) is 15.0. The quantitative estimate of drug-likeness (QED) is 0.572. The number of nitrogens with one attached hydrogen (secondary N) is 2. The Morgan fingerprint density at radius 1 is 1.41 bits per heavy atom. The van der Waals surface area contributed by atoms with Crippen molar-refractivity contribution in [1.82, 2.24) is 15.6 Å². The maximum atomic E-state index is 5.71. The number of nitrogens with zero attached hydrogens (tertiary/aromatic N) is 2. The van der Waals surface area contributed by atoms with Crippen molar-refractivity contribution in [2.45, 2.75) is 40.2 Å². The second-order valence-electron chi connectivity index (χ2n) is 6.23. The molecule has 1 aromatic rings. The third-order valence-corrected chi connectivity index (χ3v) is 3.40. The average Bonchev–Trinajstić information content (AvgIpc) is 3.32. The molecule has 1 fully saturated rings. The molecule has 0 saturated heterocycles. The van der Waals surface area contributed by atoms with Gasteiger partial charge in [0.2, 0.25) is 5.88 Å². The van der Waals surface area contributed by atoms with Gasteiger partial charge in [-0.15, -0.1) is 0 Å². The molecule has 122 valence electrons. The first kappa shape index (κ1) is 16.6. The van der Waals surface area contributed by atoms with Gasteiger partial charge < -0.3 is 15.4 Å². The highest BCUT2D eigenvalue weighted by atomic mass is 16.5. The molecule has 1 aromatic heterocycles. The Balaban J connectivity index is 1.88. The number of hydrogen-bond acceptors (Lipinski definition) is 3. The fraction of sp³-hybridized carbons (Fsp3) is 0.647. The van der Waals surface area contributed by atoms with Crippen LogP contribution in [0.2, 0.25) is 0 Å². The Morgan fingerprint density at radius 3 is 2.91 bits per heavy atom. The third-order valence-electron chi connectivity index (χ3n) is 3.40. The van der Waals surface area contributed by atoms with E-state index in [1.807, 2.05) is 12.1 Å². The second-order valence-corrected chi connectivity index (χ2v) is 6.23. The molecule has 0 amide bonds. The maximum Gasteiger partial charge on any atom is 0.213 e. The number of pyridine rings is 1. The maximum absolute atomic E-state index is 5.71. The lowest BCUT2D eigenvalue weighted by molar-refractivity contribution is 0.288. The Hall–Kier alpha value is -1.78. The van der Waals surface area contributed by atoms with Gasteiger partial charge in [0, 0.05) is 25.4 Å². The van der Waals surface area contributed by atoms with Crippen LogP contribution in [0.15, 0.2) is 23.3 Å². The number of rotatable bonds is 8. The first-order chi connectivity index (χ1) is 10.7. The van der Waals surface area contributed by atoms with Gasteiger partial charge in [0.15, 0.2) is 5.96 Å². The first-order valence-electron chi connectivity index (χ1n) is 8.27. The molecule has 5 heteroatoms. The Bertz CT molecular complexity index is 483. The van der Waals surface area contributed by atoms with Crippen molar-refractivity contribution in [3.8, 4) is 5.88 Å². The zero-order valence-corrected chi connectivity index (χ0v) is 13.9. The lowest BCUT2D eigenvalue weighted by Gasteiger charge is -2.13. The van der Waals surface area contributed by atoms with Crippen molar-refractivity contribution >= 4 is 5.96 Å². The van der Waals surface area contributed by atoms with E-state index in [-0.39, 0.29) is 0 Å². The van der Waals surface area contributed by atoms with Gasteiger partial charge in [-0.1, -0.05) is 13.8 Å². The van der Waals surface area contributed by atoms with Crippen molar-refractivity contribution in [3.05, 3.63) is 23.9 Å². The van der Waals surface area contributed by atoms with Crippen molar-refractivity contribution in [3.63, 3.8) is 0 Å². The van der Waals surface area contributed by atoms with Crippen LogP contribution < -0.4 is 15.4 Å². The molecule has 22 heavy (non-hydrogen) atoms. The van der Waals surface area contributed by atoms with E-state index in [2.05, 4.69) is 41.4 Å². The molecule has 0 atom stereocenters. The van der Waals surface area contributed by atoms with Gasteiger partial charge >= 0.3 is 0 Å². The zero-order valence-electron chi connectivity index (χ0n) is 13.9. The fourth-order valence-corrected chi connectivity index (χ4v) is 1.93. The molecular weight excluding hydrogens is 276 g/mol. The predicted octanol–water partition coefficient (Wildman–Crippen LogP) is 2.58. The van der Waals surface area contributed by atoms with Crippen molar-refractivity contribution in [1.29, 1.82) is 0 Å². The summed E-state index contributed by atoms with van der Waals surface area (Å²) in [6, 6.07) is 3.97. The number of aromatic nitrogens is 1. The van der Waals surface area contributed by atoms with Crippen LogP contribution in [-0.2, 0) is 6.54 Å². The van der Waals surface area contributed by atoms with Crippen molar-refractivity contribution < 1.29 is 4.74 Å². The molecular formula is C17H28N4O. The second kappa shape index (κ2) is 8.61. The van der Waals surface area contributed by atoms with Gasteiger partial charge in [-0.2, -0.15) is 0 Å². The summed E-state index contributed by atoms with van der Waals surface area (Å²) in [4.78, 5) is 8.88. The highest BCUT2D eigenvalue weighted by Gasteiger charge is 2.22. The van der Waals surface area contributed by atoms with E-state index in [0.717, 1.165) is 37.1 Å². The summed E-state index contributed by atoms with van der Waals surface area (Å²) in [7, 11) is 0. The van der Waals surface area contributed by atoms with Gasteiger partial charge in [-0.05, 0) is 43.2 Å². The molecule has 0 unspecified atom stereocenters. The van der Waals surface area contributed by atoms with E-state index >= 15 is 0 Å². The van der Waals surface area contributed by atoms with Crippen LogP contribution in [0, 0.1) is 11.8 Å². The molecule has 1 aliphatic carbocycles. The molecule has 0 bridgehead atoms. The largest absolute Gasteiger partial charge is 0.477 e. The molecule has 1 saturated carbocycles. The molecule has 0 aromatic carbocycles. The molecule has 0 aliphatic heterocycles. The van der Waals surface area contributed by atoms with Crippen LogP contribution in [0.4, 0.5) is 0 Å². The highest BCUT2D eigenvalue weighted by molar-refractivity contribution is 5.79. The van der Waals surface area contributed by atoms with Crippen LogP contribution in [0.1, 0.15) is 39.2 Å². The van der Waals surface area contributed by atoms with Gasteiger partial charge in [-0.25, -0.2) is 9.98 Å². The number of aliphatic imine (C=N–C) groups is 1. The minimum atomic E-state index is 0.590. The highest BCUT2D eigenvalue weighted by Crippen LogP contribution is 2.29. The summed E-state index contributed by atoms with van der Waals surface area (Å²) in [5.74, 6) is 2.89. The summed E-state index contributed by atoms with van der Waals surface area (Å²) in [5.41, 5.74) is 1.11.